The zero-order valence-electron chi connectivity index (χ0n) is 13.2. The maximum absolute atomic E-state index is 12.7. The van der Waals surface area contributed by atoms with E-state index in [2.05, 4.69) is 17.0 Å². The lowest BCUT2D eigenvalue weighted by Gasteiger charge is -2.36. The average Bonchev–Trinajstić information content (AvgIpc) is 2.62. The molecule has 0 bridgehead atoms. The van der Waals surface area contributed by atoms with E-state index in [1.165, 1.54) is 5.69 Å². The van der Waals surface area contributed by atoms with Crippen molar-refractivity contribution in [3.05, 3.63) is 65.2 Å². The Morgan fingerprint density at radius 3 is 2.30 bits per heavy atom. The number of piperazine rings is 1. The minimum atomic E-state index is 0.0129. The number of carbonyl (C=O) groups is 2. The first-order valence-electron chi connectivity index (χ1n) is 7.85. The van der Waals surface area contributed by atoms with Crippen molar-refractivity contribution in [2.75, 3.05) is 31.1 Å². The highest BCUT2D eigenvalue weighted by atomic mass is 16.2. The zero-order valence-corrected chi connectivity index (χ0v) is 13.2. The van der Waals surface area contributed by atoms with Crippen molar-refractivity contribution in [3.63, 3.8) is 0 Å². The van der Waals surface area contributed by atoms with Gasteiger partial charge in [0.2, 0.25) is 0 Å². The fourth-order valence-corrected chi connectivity index (χ4v) is 2.99. The molecule has 1 fully saturated rings. The van der Waals surface area contributed by atoms with Gasteiger partial charge in [0.1, 0.15) is 6.29 Å². The first kappa shape index (κ1) is 15.3. The van der Waals surface area contributed by atoms with Crippen LogP contribution >= 0.6 is 0 Å². The van der Waals surface area contributed by atoms with Crippen LogP contribution < -0.4 is 4.90 Å². The summed E-state index contributed by atoms with van der Waals surface area (Å²) >= 11 is 0. The van der Waals surface area contributed by atoms with Crippen LogP contribution in [0.5, 0.6) is 0 Å². The average molecular weight is 308 g/mol. The van der Waals surface area contributed by atoms with Crippen LogP contribution in [0, 0.1) is 6.92 Å². The molecule has 23 heavy (non-hydrogen) atoms. The summed E-state index contributed by atoms with van der Waals surface area (Å²) in [5.74, 6) is 0.0129. The Kier molecular flexibility index (Phi) is 4.42. The number of anilines is 1. The lowest BCUT2D eigenvalue weighted by molar-refractivity contribution is 0.0746. The number of hydrogen-bond acceptors (Lipinski definition) is 3. The molecular formula is C19H20N2O2. The minimum absolute atomic E-state index is 0.0129. The van der Waals surface area contributed by atoms with Gasteiger partial charge in [-0.05, 0) is 30.7 Å². The Balaban J connectivity index is 1.70. The molecule has 118 valence electrons. The highest BCUT2D eigenvalue weighted by Gasteiger charge is 2.23. The fourth-order valence-electron chi connectivity index (χ4n) is 2.99. The van der Waals surface area contributed by atoms with Crippen LogP contribution in [-0.2, 0) is 0 Å². The highest BCUT2D eigenvalue weighted by molar-refractivity contribution is 5.98. The molecule has 3 rings (SSSR count). The third-order valence-electron chi connectivity index (χ3n) is 4.42. The van der Waals surface area contributed by atoms with Gasteiger partial charge < -0.3 is 9.80 Å². The van der Waals surface area contributed by atoms with E-state index in [1.807, 2.05) is 30.0 Å². The van der Waals surface area contributed by atoms with Gasteiger partial charge in [-0.3, -0.25) is 9.59 Å². The standard InChI is InChI=1S/C19H20N2O2/c1-15-16(14-22)6-5-9-18(15)19(23)21-12-10-20(11-13-21)17-7-3-2-4-8-17/h2-9,14H,10-13H2,1H3. The quantitative estimate of drug-likeness (QED) is 0.819. The van der Waals surface area contributed by atoms with E-state index in [-0.39, 0.29) is 5.91 Å². The lowest BCUT2D eigenvalue weighted by Crippen LogP contribution is -2.49. The molecule has 0 N–H and O–H groups in total. The molecule has 0 saturated carbocycles. The molecule has 1 aliphatic rings. The SMILES string of the molecule is Cc1c(C=O)cccc1C(=O)N1CCN(c2ccccc2)CC1. The molecule has 1 amide bonds. The molecule has 2 aromatic rings. The normalized spacial score (nSPS) is 14.7. The van der Waals surface area contributed by atoms with Crippen LogP contribution in [0.2, 0.25) is 0 Å². The smallest absolute Gasteiger partial charge is 0.254 e. The van der Waals surface area contributed by atoms with Crippen molar-refractivity contribution >= 4 is 17.9 Å². The predicted octanol–water partition coefficient (Wildman–Crippen LogP) is 2.77. The summed E-state index contributed by atoms with van der Waals surface area (Å²) in [7, 11) is 0. The second-order valence-corrected chi connectivity index (χ2v) is 5.75. The topological polar surface area (TPSA) is 40.6 Å². The molecule has 0 atom stereocenters. The first-order chi connectivity index (χ1) is 11.2. The first-order valence-corrected chi connectivity index (χ1v) is 7.85. The number of benzene rings is 2. The fraction of sp³-hybridized carbons (Fsp3) is 0.263. The van der Waals surface area contributed by atoms with Gasteiger partial charge in [-0.15, -0.1) is 0 Å². The Morgan fingerprint density at radius 2 is 1.65 bits per heavy atom. The molecule has 2 aromatic carbocycles. The van der Waals surface area contributed by atoms with Gasteiger partial charge in [0.25, 0.3) is 5.91 Å². The predicted molar refractivity (Wildman–Crippen MR) is 91.1 cm³/mol. The van der Waals surface area contributed by atoms with E-state index in [0.29, 0.717) is 24.2 Å². The maximum Gasteiger partial charge on any atom is 0.254 e. The Hall–Kier alpha value is -2.62. The number of aldehydes is 1. The van der Waals surface area contributed by atoms with Gasteiger partial charge in [0, 0.05) is 43.0 Å². The molecule has 1 saturated heterocycles. The third kappa shape index (κ3) is 3.11. The molecule has 1 aliphatic heterocycles. The summed E-state index contributed by atoms with van der Waals surface area (Å²) in [6.45, 7) is 4.86. The van der Waals surface area contributed by atoms with E-state index in [4.69, 9.17) is 0 Å². The molecule has 0 aliphatic carbocycles. The van der Waals surface area contributed by atoms with Gasteiger partial charge in [0.05, 0.1) is 0 Å². The minimum Gasteiger partial charge on any atom is -0.368 e. The summed E-state index contributed by atoms with van der Waals surface area (Å²) in [6.07, 6.45) is 0.805. The van der Waals surface area contributed by atoms with Gasteiger partial charge in [-0.1, -0.05) is 30.3 Å². The zero-order chi connectivity index (χ0) is 16.2. The largest absolute Gasteiger partial charge is 0.368 e. The summed E-state index contributed by atoms with van der Waals surface area (Å²) in [6, 6.07) is 15.6. The van der Waals surface area contributed by atoms with Gasteiger partial charge in [0.15, 0.2) is 0 Å². The molecule has 0 unspecified atom stereocenters. The monoisotopic (exact) mass is 308 g/mol. The number of carbonyl (C=O) groups excluding carboxylic acids is 2. The van der Waals surface area contributed by atoms with Crippen molar-refractivity contribution in [1.29, 1.82) is 0 Å². The number of amides is 1. The second-order valence-electron chi connectivity index (χ2n) is 5.75. The summed E-state index contributed by atoms with van der Waals surface area (Å²) in [5.41, 5.74) is 3.17. The molecule has 4 heteroatoms. The van der Waals surface area contributed by atoms with Gasteiger partial charge in [-0.2, -0.15) is 0 Å². The molecular weight excluding hydrogens is 288 g/mol. The Bertz CT molecular complexity index is 705. The second kappa shape index (κ2) is 6.65. The number of rotatable bonds is 3. The molecule has 0 spiro atoms. The van der Waals surface area contributed by atoms with Crippen LogP contribution in [0.15, 0.2) is 48.5 Å². The van der Waals surface area contributed by atoms with Crippen LogP contribution in [-0.4, -0.2) is 43.3 Å². The number of hydrogen-bond donors (Lipinski definition) is 0. The van der Waals surface area contributed by atoms with Crippen LogP contribution in [0.1, 0.15) is 26.3 Å². The molecule has 4 nitrogen and oxygen atoms in total. The molecule has 1 heterocycles. The number of nitrogens with zero attached hydrogens (tertiary/aromatic N) is 2. The van der Waals surface area contributed by atoms with Gasteiger partial charge in [-0.25, -0.2) is 0 Å². The summed E-state index contributed by atoms with van der Waals surface area (Å²) < 4.78 is 0. The molecule has 0 aromatic heterocycles. The van der Waals surface area contributed by atoms with Crippen molar-refractivity contribution in [2.24, 2.45) is 0 Å². The number of para-hydroxylation sites is 1. The van der Waals surface area contributed by atoms with Gasteiger partial charge >= 0.3 is 0 Å². The summed E-state index contributed by atoms with van der Waals surface area (Å²) in [5, 5.41) is 0. The van der Waals surface area contributed by atoms with Crippen LogP contribution in [0.3, 0.4) is 0 Å². The third-order valence-corrected chi connectivity index (χ3v) is 4.42. The maximum atomic E-state index is 12.7. The van der Waals surface area contributed by atoms with Crippen molar-refractivity contribution in [1.82, 2.24) is 4.90 Å². The van der Waals surface area contributed by atoms with Crippen molar-refractivity contribution in [2.45, 2.75) is 6.92 Å². The highest BCUT2D eigenvalue weighted by Crippen LogP contribution is 2.19. The van der Waals surface area contributed by atoms with E-state index in [1.54, 1.807) is 18.2 Å². The van der Waals surface area contributed by atoms with Crippen LogP contribution in [0.25, 0.3) is 0 Å². The van der Waals surface area contributed by atoms with Crippen molar-refractivity contribution < 1.29 is 9.59 Å². The Morgan fingerprint density at radius 1 is 0.957 bits per heavy atom. The van der Waals surface area contributed by atoms with Crippen LogP contribution in [0.4, 0.5) is 5.69 Å². The van der Waals surface area contributed by atoms with E-state index in [0.717, 1.165) is 24.9 Å². The van der Waals surface area contributed by atoms with E-state index < -0.39 is 0 Å². The van der Waals surface area contributed by atoms with E-state index in [9.17, 15) is 9.59 Å². The van der Waals surface area contributed by atoms with Crippen molar-refractivity contribution in [3.8, 4) is 0 Å². The Labute approximate surface area is 136 Å². The van der Waals surface area contributed by atoms with E-state index >= 15 is 0 Å². The lowest BCUT2D eigenvalue weighted by atomic mass is 10.0. The summed E-state index contributed by atoms with van der Waals surface area (Å²) in [4.78, 5) is 27.9. The molecule has 0 radical (unpaired) electrons.